The van der Waals surface area contributed by atoms with Crippen LogP contribution in [0.1, 0.15) is 18.4 Å². The Morgan fingerprint density at radius 3 is 2.31 bits per heavy atom. The first-order valence-electron chi connectivity index (χ1n) is 8.55. The van der Waals surface area contributed by atoms with Crippen LogP contribution in [0.4, 0.5) is 11.4 Å². The molecule has 0 aromatic heterocycles. The predicted molar refractivity (Wildman–Crippen MR) is 103 cm³/mol. The third kappa shape index (κ3) is 3.72. The first-order chi connectivity index (χ1) is 12.4. The molecule has 1 fully saturated rings. The van der Waals surface area contributed by atoms with E-state index in [0.717, 1.165) is 24.3 Å². The van der Waals surface area contributed by atoms with Crippen molar-refractivity contribution in [2.45, 2.75) is 24.7 Å². The van der Waals surface area contributed by atoms with E-state index in [1.807, 2.05) is 25.1 Å². The van der Waals surface area contributed by atoms with E-state index in [-0.39, 0.29) is 4.90 Å². The molecule has 26 heavy (non-hydrogen) atoms. The lowest BCUT2D eigenvalue weighted by Gasteiger charge is -2.20. The molecule has 0 saturated carbocycles. The maximum Gasteiger partial charge on any atom is 0.262 e. The van der Waals surface area contributed by atoms with Gasteiger partial charge in [-0.1, -0.05) is 6.07 Å². The summed E-state index contributed by atoms with van der Waals surface area (Å²) in [7, 11) is -0.749. The van der Waals surface area contributed by atoms with E-state index in [9.17, 15) is 8.42 Å². The summed E-state index contributed by atoms with van der Waals surface area (Å²) in [4.78, 5) is 2.40. The Hall–Kier alpha value is -2.41. The summed E-state index contributed by atoms with van der Waals surface area (Å²) >= 11 is 0. The lowest BCUT2D eigenvalue weighted by atomic mass is 10.2. The van der Waals surface area contributed by atoms with Crippen molar-refractivity contribution in [3.05, 3.63) is 42.0 Å². The van der Waals surface area contributed by atoms with Crippen molar-refractivity contribution in [3.63, 3.8) is 0 Å². The second kappa shape index (κ2) is 7.45. The molecular formula is C19H24N2O4S. The van der Waals surface area contributed by atoms with Crippen LogP contribution in [0.5, 0.6) is 11.5 Å². The average Bonchev–Trinajstić information content (AvgIpc) is 3.17. The molecule has 140 valence electrons. The molecule has 1 aliphatic rings. The minimum atomic E-state index is -3.74. The zero-order valence-electron chi connectivity index (χ0n) is 15.3. The van der Waals surface area contributed by atoms with Gasteiger partial charge >= 0.3 is 0 Å². The van der Waals surface area contributed by atoms with Gasteiger partial charge < -0.3 is 14.4 Å². The van der Waals surface area contributed by atoms with Crippen LogP contribution >= 0.6 is 0 Å². The van der Waals surface area contributed by atoms with E-state index in [2.05, 4.69) is 9.62 Å². The number of hydrogen-bond acceptors (Lipinski definition) is 5. The number of sulfonamides is 1. The molecule has 1 saturated heterocycles. The number of nitrogens with zero attached hydrogens (tertiary/aromatic N) is 1. The largest absolute Gasteiger partial charge is 0.493 e. The van der Waals surface area contributed by atoms with Crippen molar-refractivity contribution < 1.29 is 17.9 Å². The Balaban J connectivity index is 1.91. The smallest absolute Gasteiger partial charge is 0.262 e. The van der Waals surface area contributed by atoms with Gasteiger partial charge in [-0.3, -0.25) is 4.72 Å². The van der Waals surface area contributed by atoms with Crippen LogP contribution in [0, 0.1) is 6.92 Å². The molecular weight excluding hydrogens is 352 g/mol. The zero-order chi connectivity index (χ0) is 18.7. The second-order valence-electron chi connectivity index (χ2n) is 6.32. The summed E-state index contributed by atoms with van der Waals surface area (Å²) in [6.45, 7) is 3.90. The molecule has 0 unspecified atom stereocenters. The molecule has 3 rings (SSSR count). The lowest BCUT2D eigenvalue weighted by Crippen LogP contribution is -2.19. The second-order valence-corrected chi connectivity index (χ2v) is 8.00. The van der Waals surface area contributed by atoms with Gasteiger partial charge in [-0.15, -0.1) is 0 Å². The highest BCUT2D eigenvalue weighted by molar-refractivity contribution is 7.92. The van der Waals surface area contributed by atoms with Crippen molar-refractivity contribution in [1.29, 1.82) is 0 Å². The SMILES string of the molecule is COc1ccc(S(=O)(=O)Nc2cc(N3CCCC3)ccc2C)cc1OC. The van der Waals surface area contributed by atoms with E-state index in [0.29, 0.717) is 17.2 Å². The van der Waals surface area contributed by atoms with Gasteiger partial charge in [0.25, 0.3) is 10.0 Å². The summed E-state index contributed by atoms with van der Waals surface area (Å²) in [6, 6.07) is 10.4. The van der Waals surface area contributed by atoms with Crippen molar-refractivity contribution in [1.82, 2.24) is 0 Å². The highest BCUT2D eigenvalue weighted by Gasteiger charge is 2.19. The minimum absolute atomic E-state index is 0.126. The third-order valence-corrected chi connectivity index (χ3v) is 5.97. The summed E-state index contributed by atoms with van der Waals surface area (Å²) in [5, 5.41) is 0. The van der Waals surface area contributed by atoms with Crippen molar-refractivity contribution in [2.75, 3.05) is 36.9 Å². The van der Waals surface area contributed by atoms with Crippen molar-refractivity contribution in [2.24, 2.45) is 0 Å². The van der Waals surface area contributed by atoms with Crippen LogP contribution in [0.2, 0.25) is 0 Å². The van der Waals surface area contributed by atoms with E-state index < -0.39 is 10.0 Å². The fourth-order valence-corrected chi connectivity index (χ4v) is 4.22. The van der Waals surface area contributed by atoms with Gasteiger partial charge in [0.05, 0.1) is 24.8 Å². The van der Waals surface area contributed by atoms with Gasteiger partial charge in [0.2, 0.25) is 0 Å². The molecule has 0 amide bonds. The van der Waals surface area contributed by atoms with Crippen molar-refractivity contribution in [3.8, 4) is 11.5 Å². The number of ether oxygens (including phenoxy) is 2. The van der Waals surface area contributed by atoms with Gasteiger partial charge in [0.1, 0.15) is 0 Å². The van der Waals surface area contributed by atoms with Crippen molar-refractivity contribution >= 4 is 21.4 Å². The minimum Gasteiger partial charge on any atom is -0.493 e. The quantitative estimate of drug-likeness (QED) is 0.837. The number of benzene rings is 2. The monoisotopic (exact) mass is 376 g/mol. The molecule has 0 atom stereocenters. The molecule has 1 heterocycles. The molecule has 0 radical (unpaired) electrons. The number of aryl methyl sites for hydroxylation is 1. The number of anilines is 2. The van der Waals surface area contributed by atoms with Crippen LogP contribution in [0.3, 0.4) is 0 Å². The number of methoxy groups -OCH3 is 2. The molecule has 1 aliphatic heterocycles. The lowest BCUT2D eigenvalue weighted by molar-refractivity contribution is 0.354. The highest BCUT2D eigenvalue weighted by Crippen LogP contribution is 2.31. The maximum atomic E-state index is 12.8. The third-order valence-electron chi connectivity index (χ3n) is 4.60. The fraction of sp³-hybridized carbons (Fsp3) is 0.368. The summed E-state index contributed by atoms with van der Waals surface area (Å²) in [5.41, 5.74) is 2.50. The summed E-state index contributed by atoms with van der Waals surface area (Å²) in [6.07, 6.45) is 2.33. The number of hydrogen-bond donors (Lipinski definition) is 1. The van der Waals surface area contributed by atoms with Gasteiger partial charge in [-0.05, 0) is 49.6 Å². The highest BCUT2D eigenvalue weighted by atomic mass is 32.2. The Morgan fingerprint density at radius 2 is 1.65 bits per heavy atom. The van der Waals surface area contributed by atoms with Crippen LogP contribution in [0.15, 0.2) is 41.3 Å². The normalized spacial score (nSPS) is 14.3. The topological polar surface area (TPSA) is 67.9 Å². The molecule has 0 spiro atoms. The van der Waals surface area contributed by atoms with Gasteiger partial charge in [-0.2, -0.15) is 0 Å². The summed E-state index contributed by atoms with van der Waals surface area (Å²) in [5.74, 6) is 0.858. The van der Waals surface area contributed by atoms with E-state index in [4.69, 9.17) is 9.47 Å². The van der Waals surface area contributed by atoms with E-state index in [1.54, 1.807) is 6.07 Å². The first kappa shape index (κ1) is 18.4. The Labute approximate surface area is 154 Å². The van der Waals surface area contributed by atoms with Crippen LogP contribution in [0.25, 0.3) is 0 Å². The number of nitrogens with one attached hydrogen (secondary N) is 1. The van der Waals surface area contributed by atoms with Gasteiger partial charge in [-0.25, -0.2) is 8.42 Å². The molecule has 0 aliphatic carbocycles. The Bertz CT molecular complexity index is 890. The fourth-order valence-electron chi connectivity index (χ4n) is 3.08. The number of rotatable bonds is 6. The van der Waals surface area contributed by atoms with Crippen LogP contribution in [-0.2, 0) is 10.0 Å². The zero-order valence-corrected chi connectivity index (χ0v) is 16.1. The molecule has 0 bridgehead atoms. The first-order valence-corrected chi connectivity index (χ1v) is 10.0. The predicted octanol–water partition coefficient (Wildman–Crippen LogP) is 3.41. The standard InChI is InChI=1S/C19H24N2O4S/c1-14-6-7-15(21-10-4-5-11-21)12-17(14)20-26(22,23)16-8-9-18(24-2)19(13-16)25-3/h6-9,12-13,20H,4-5,10-11H2,1-3H3. The molecule has 2 aromatic carbocycles. The molecule has 2 aromatic rings. The Morgan fingerprint density at radius 1 is 0.962 bits per heavy atom. The maximum absolute atomic E-state index is 12.8. The van der Waals surface area contributed by atoms with E-state index in [1.165, 1.54) is 39.2 Å². The Kier molecular flexibility index (Phi) is 5.27. The van der Waals surface area contributed by atoms with Gasteiger partial charge in [0, 0.05) is 24.8 Å². The molecule has 7 heteroatoms. The van der Waals surface area contributed by atoms with Gasteiger partial charge in [0.15, 0.2) is 11.5 Å². The average molecular weight is 376 g/mol. The van der Waals surface area contributed by atoms with E-state index >= 15 is 0 Å². The van der Waals surface area contributed by atoms with Crippen LogP contribution in [-0.4, -0.2) is 35.7 Å². The van der Waals surface area contributed by atoms with Crippen LogP contribution < -0.4 is 19.1 Å². The molecule has 1 N–H and O–H groups in total. The molecule has 6 nitrogen and oxygen atoms in total. The summed E-state index contributed by atoms with van der Waals surface area (Å²) < 4.78 is 38.7.